The van der Waals surface area contributed by atoms with Gasteiger partial charge in [0.15, 0.2) is 5.69 Å². The van der Waals surface area contributed by atoms with E-state index < -0.39 is 46.0 Å². The number of ether oxygens (including phenoxy) is 1. The van der Waals surface area contributed by atoms with Crippen LogP contribution < -0.4 is 5.32 Å². The van der Waals surface area contributed by atoms with Crippen LogP contribution >= 0.6 is 11.6 Å². The van der Waals surface area contributed by atoms with Crippen molar-refractivity contribution >= 4 is 27.7 Å². The van der Waals surface area contributed by atoms with Crippen LogP contribution in [-0.2, 0) is 33.9 Å². The summed E-state index contributed by atoms with van der Waals surface area (Å²) in [7, 11) is -1.19. The van der Waals surface area contributed by atoms with Gasteiger partial charge in [-0.2, -0.15) is 18.3 Å². The van der Waals surface area contributed by atoms with E-state index in [9.17, 15) is 30.8 Å². The van der Waals surface area contributed by atoms with E-state index in [4.69, 9.17) is 16.3 Å². The fraction of sp³-hybridized carbons (Fsp3) is 0.478. The van der Waals surface area contributed by atoms with Crippen molar-refractivity contribution in [2.45, 2.75) is 57.3 Å². The molecule has 14 heteroatoms. The van der Waals surface area contributed by atoms with E-state index in [1.54, 1.807) is 20.8 Å². The molecule has 0 aliphatic heterocycles. The summed E-state index contributed by atoms with van der Waals surface area (Å²) >= 11 is 6.13. The third-order valence-corrected chi connectivity index (χ3v) is 7.30. The van der Waals surface area contributed by atoms with Gasteiger partial charge in [0.05, 0.1) is 11.6 Å². The minimum absolute atomic E-state index is 0.0667. The molecule has 1 amide bonds. The molecular formula is C23H29ClF4N4O4S. The van der Waals surface area contributed by atoms with Crippen molar-refractivity contribution in [1.82, 2.24) is 19.4 Å². The Labute approximate surface area is 218 Å². The molecule has 1 N–H and O–H groups in total. The van der Waals surface area contributed by atoms with Crippen LogP contribution in [0.15, 0.2) is 35.0 Å². The topological polar surface area (TPSA) is 93.5 Å². The number of alkyl halides is 3. The van der Waals surface area contributed by atoms with Crippen molar-refractivity contribution in [2.75, 3.05) is 20.6 Å². The Morgan fingerprint density at radius 3 is 2.38 bits per heavy atom. The van der Waals surface area contributed by atoms with Crippen molar-refractivity contribution in [3.63, 3.8) is 0 Å². The molecule has 0 unspecified atom stereocenters. The molecule has 1 heterocycles. The molecule has 1 aromatic heterocycles. The number of nitrogens with zero attached hydrogens (tertiary/aromatic N) is 3. The zero-order valence-corrected chi connectivity index (χ0v) is 22.8. The fourth-order valence-electron chi connectivity index (χ4n) is 3.21. The standard InChI is InChI=1S/C23H29ClF4N4O4S/c1-14-17(11-15-7-8-19(18(24)12-15)37(34,35)31(5)6)20(23(26,27)28)30-32(14)13-16(25)9-10-29-21(33)36-22(2,3)4/h7-9,12H,10-11,13H2,1-6H3,(H,29,33)/b16-9-. The maximum Gasteiger partial charge on any atom is 0.435 e. The Hall–Kier alpha value is -2.64. The molecule has 0 radical (unpaired) electrons. The highest BCUT2D eigenvalue weighted by atomic mass is 35.5. The van der Waals surface area contributed by atoms with Gasteiger partial charge in [0.2, 0.25) is 10.0 Å². The average molecular weight is 569 g/mol. The Balaban J connectivity index is 2.29. The molecule has 0 saturated carbocycles. The van der Waals surface area contributed by atoms with E-state index >= 15 is 0 Å². The van der Waals surface area contributed by atoms with Crippen LogP contribution in [0, 0.1) is 6.92 Å². The molecule has 0 fully saturated rings. The van der Waals surface area contributed by atoms with Gasteiger partial charge in [-0.05, 0) is 51.5 Å². The van der Waals surface area contributed by atoms with Crippen LogP contribution in [-0.4, -0.2) is 54.8 Å². The summed E-state index contributed by atoms with van der Waals surface area (Å²) in [5.74, 6) is -0.816. The first-order chi connectivity index (χ1) is 16.8. The number of hydrogen-bond donors (Lipinski definition) is 1. The molecule has 8 nitrogen and oxygen atoms in total. The van der Waals surface area contributed by atoms with Crippen molar-refractivity contribution in [1.29, 1.82) is 0 Å². The molecule has 0 spiro atoms. The third kappa shape index (κ3) is 8.17. The fourth-order valence-corrected chi connectivity index (χ4v) is 4.64. The van der Waals surface area contributed by atoms with Crippen LogP contribution in [0.1, 0.15) is 43.3 Å². The number of carbonyl (C=O) groups is 1. The van der Waals surface area contributed by atoms with E-state index in [0.29, 0.717) is 5.56 Å². The maximum atomic E-state index is 14.4. The first-order valence-electron chi connectivity index (χ1n) is 11.0. The smallest absolute Gasteiger partial charge is 0.435 e. The Bertz CT molecular complexity index is 1280. The molecule has 37 heavy (non-hydrogen) atoms. The lowest BCUT2D eigenvalue weighted by Gasteiger charge is -2.19. The summed E-state index contributed by atoms with van der Waals surface area (Å²) in [5, 5.41) is 5.76. The number of allylic oxidation sites excluding steroid dienone is 1. The summed E-state index contributed by atoms with van der Waals surface area (Å²) in [5.41, 5.74) is -1.75. The molecule has 0 saturated heterocycles. The van der Waals surface area contributed by atoms with E-state index in [2.05, 4.69) is 10.4 Å². The number of alkyl carbamates (subject to hydrolysis) is 1. The maximum absolute atomic E-state index is 14.4. The molecule has 2 rings (SSSR count). The second-order valence-electron chi connectivity index (χ2n) is 9.33. The van der Waals surface area contributed by atoms with Crippen LogP contribution in [0.5, 0.6) is 0 Å². The molecule has 0 aliphatic carbocycles. The lowest BCUT2D eigenvalue weighted by atomic mass is 10.0. The summed E-state index contributed by atoms with van der Waals surface area (Å²) in [6.45, 7) is 5.52. The molecule has 0 atom stereocenters. The zero-order chi connectivity index (χ0) is 28.3. The van der Waals surface area contributed by atoms with E-state index in [0.717, 1.165) is 15.1 Å². The monoisotopic (exact) mass is 568 g/mol. The number of benzene rings is 1. The van der Waals surface area contributed by atoms with Gasteiger partial charge >= 0.3 is 12.3 Å². The lowest BCUT2D eigenvalue weighted by Crippen LogP contribution is -2.32. The highest BCUT2D eigenvalue weighted by Gasteiger charge is 2.38. The van der Waals surface area contributed by atoms with Crippen molar-refractivity contribution in [3.05, 3.63) is 57.6 Å². The van der Waals surface area contributed by atoms with Crippen LogP contribution in [0.4, 0.5) is 22.4 Å². The average Bonchev–Trinajstić information content (AvgIpc) is 3.02. The predicted octanol–water partition coefficient (Wildman–Crippen LogP) is 5.08. The minimum Gasteiger partial charge on any atom is -0.444 e. The van der Waals surface area contributed by atoms with Gasteiger partial charge < -0.3 is 10.1 Å². The summed E-state index contributed by atoms with van der Waals surface area (Å²) in [6, 6.07) is 3.86. The Morgan fingerprint density at radius 2 is 1.86 bits per heavy atom. The molecule has 2 aromatic rings. The zero-order valence-electron chi connectivity index (χ0n) is 21.2. The van der Waals surface area contributed by atoms with Gasteiger partial charge in [-0.1, -0.05) is 17.7 Å². The number of sulfonamides is 1. The summed E-state index contributed by atoms with van der Waals surface area (Å²) in [6.07, 6.45) is -4.85. The van der Waals surface area contributed by atoms with Crippen molar-refractivity contribution < 1.29 is 35.5 Å². The minimum atomic E-state index is -4.82. The van der Waals surface area contributed by atoms with E-state index in [-0.39, 0.29) is 34.1 Å². The second-order valence-corrected chi connectivity index (χ2v) is 11.9. The number of halogens is 5. The number of amides is 1. The van der Waals surface area contributed by atoms with Gasteiger partial charge in [0.25, 0.3) is 0 Å². The van der Waals surface area contributed by atoms with Crippen molar-refractivity contribution in [2.24, 2.45) is 0 Å². The first kappa shape index (κ1) is 30.6. The number of carbonyl (C=O) groups excluding carboxylic acids is 1. The largest absolute Gasteiger partial charge is 0.444 e. The van der Waals surface area contributed by atoms with E-state index in [1.165, 1.54) is 39.2 Å². The lowest BCUT2D eigenvalue weighted by molar-refractivity contribution is -0.142. The number of hydrogen-bond acceptors (Lipinski definition) is 5. The number of rotatable bonds is 8. The number of nitrogens with one attached hydrogen (secondary N) is 1. The summed E-state index contributed by atoms with van der Waals surface area (Å²) < 4.78 is 87.2. The van der Waals surface area contributed by atoms with Gasteiger partial charge in [0.1, 0.15) is 16.3 Å². The molecule has 0 bridgehead atoms. The van der Waals surface area contributed by atoms with Crippen LogP contribution in [0.2, 0.25) is 5.02 Å². The Kier molecular flexibility index (Phi) is 9.42. The summed E-state index contributed by atoms with van der Waals surface area (Å²) in [4.78, 5) is 11.5. The second kappa shape index (κ2) is 11.4. The van der Waals surface area contributed by atoms with Gasteiger partial charge in [-0.15, -0.1) is 0 Å². The predicted molar refractivity (Wildman–Crippen MR) is 131 cm³/mol. The highest BCUT2D eigenvalue weighted by molar-refractivity contribution is 7.89. The van der Waals surface area contributed by atoms with E-state index in [1.807, 2.05) is 0 Å². The van der Waals surface area contributed by atoms with Crippen LogP contribution in [0.3, 0.4) is 0 Å². The Morgan fingerprint density at radius 1 is 1.24 bits per heavy atom. The molecule has 0 aliphatic rings. The highest BCUT2D eigenvalue weighted by Crippen LogP contribution is 2.35. The number of aromatic nitrogens is 2. The first-order valence-corrected chi connectivity index (χ1v) is 12.8. The molecule has 1 aromatic carbocycles. The third-order valence-electron chi connectivity index (χ3n) is 5.00. The van der Waals surface area contributed by atoms with Gasteiger partial charge in [0, 0.05) is 38.3 Å². The van der Waals surface area contributed by atoms with Gasteiger partial charge in [-0.3, -0.25) is 4.68 Å². The normalized spacial score (nSPS) is 13.2. The molecule has 206 valence electrons. The molecular weight excluding hydrogens is 540 g/mol. The quantitative estimate of drug-likeness (QED) is 0.448. The van der Waals surface area contributed by atoms with Crippen molar-refractivity contribution in [3.8, 4) is 0 Å². The SMILES string of the molecule is Cc1c(Cc2ccc(S(=O)(=O)N(C)C)c(Cl)c2)c(C(F)(F)F)nn1C/C(F)=C/CNC(=O)OC(C)(C)C. The van der Waals surface area contributed by atoms with Gasteiger partial charge in [-0.25, -0.2) is 21.9 Å². The van der Waals surface area contributed by atoms with Crippen LogP contribution in [0.25, 0.3) is 0 Å².